The minimum Gasteiger partial charge on any atom is -0.460 e. The first-order valence-electron chi connectivity index (χ1n) is 14.1. The molecule has 4 rings (SSSR count). The minimum absolute atomic E-state index is 0.0149. The first kappa shape index (κ1) is 29.8. The minimum atomic E-state index is -1.41. The summed E-state index contributed by atoms with van der Waals surface area (Å²) in [6.07, 6.45) is 8.92. The number of hydrogen-bond acceptors (Lipinski definition) is 9. The van der Waals surface area contributed by atoms with E-state index < -0.39 is 35.5 Å². The van der Waals surface area contributed by atoms with Crippen LogP contribution in [0.3, 0.4) is 0 Å². The van der Waals surface area contributed by atoms with Gasteiger partial charge in [0.15, 0.2) is 6.10 Å². The van der Waals surface area contributed by atoms with Crippen LogP contribution in [0.25, 0.3) is 0 Å². The van der Waals surface area contributed by atoms with Crippen molar-refractivity contribution in [3.63, 3.8) is 0 Å². The van der Waals surface area contributed by atoms with Gasteiger partial charge in [0.25, 0.3) is 10.2 Å². The topological polar surface area (TPSA) is 160 Å². The van der Waals surface area contributed by atoms with Crippen LogP contribution in [0.5, 0.6) is 0 Å². The summed E-state index contributed by atoms with van der Waals surface area (Å²) in [7, 11) is 0. The third-order valence-electron chi connectivity index (χ3n) is 9.85. The van der Waals surface area contributed by atoms with Crippen molar-refractivity contribution in [3.8, 4) is 0 Å². The molecule has 0 saturated heterocycles. The van der Waals surface area contributed by atoms with Gasteiger partial charge in [0.1, 0.15) is 13.2 Å². The third kappa shape index (κ3) is 5.95. The predicted molar refractivity (Wildman–Crippen MR) is 142 cm³/mol. The van der Waals surface area contributed by atoms with Gasteiger partial charge in [0, 0.05) is 17.0 Å². The number of esters is 1. The van der Waals surface area contributed by atoms with E-state index in [1.165, 1.54) is 0 Å². The van der Waals surface area contributed by atoms with Gasteiger partial charge >= 0.3 is 5.97 Å². The van der Waals surface area contributed by atoms with E-state index >= 15 is 0 Å². The Morgan fingerprint density at radius 2 is 1.80 bits per heavy atom. The van der Waals surface area contributed by atoms with Crippen LogP contribution in [-0.2, 0) is 24.0 Å². The monoisotopic (exact) mass is 563 g/mol. The molecule has 1 unspecified atom stereocenters. The number of nitrogens with zero attached hydrogens (tertiary/aromatic N) is 2. The Bertz CT molecular complexity index is 1110. The quantitative estimate of drug-likeness (QED) is 0.244. The van der Waals surface area contributed by atoms with Crippen LogP contribution in [0.4, 0.5) is 0 Å². The summed E-state index contributed by atoms with van der Waals surface area (Å²) < 4.78 is 5.23. The van der Waals surface area contributed by atoms with Gasteiger partial charge in [0.2, 0.25) is 5.91 Å². The number of carbonyl (C=O) groups excluding carboxylic acids is 2. The highest BCUT2D eigenvalue weighted by Crippen LogP contribution is 2.66. The first-order valence-corrected chi connectivity index (χ1v) is 14.1. The molecule has 4 aliphatic rings. The maximum absolute atomic E-state index is 13.2. The molecule has 0 aromatic carbocycles. The summed E-state index contributed by atoms with van der Waals surface area (Å²) in [6.45, 7) is 9.39. The SMILES string of the molecule is CC(C)(C)NC(=O)[C@H]1CC[C@H]2[C@@H]3CC=C4C=C(C(=O)OCC(CO[N+](=O)[O-])O[N+](=O)[O-])CC[C@]4(C)[C@H]3CC[C@]12C. The van der Waals surface area contributed by atoms with Crippen LogP contribution >= 0.6 is 0 Å². The summed E-state index contributed by atoms with van der Waals surface area (Å²) in [6, 6.07) is 0. The van der Waals surface area contributed by atoms with Gasteiger partial charge in [-0.2, -0.15) is 0 Å². The lowest BCUT2D eigenvalue weighted by atomic mass is 9.48. The highest BCUT2D eigenvalue weighted by atomic mass is 17.0. The zero-order chi connectivity index (χ0) is 29.5. The van der Waals surface area contributed by atoms with Crippen molar-refractivity contribution in [2.24, 2.45) is 34.5 Å². The predicted octanol–water partition coefficient (Wildman–Crippen LogP) is 4.34. The number of fused-ring (bicyclic) bond motifs is 5. The molecule has 0 aromatic heterocycles. The summed E-state index contributed by atoms with van der Waals surface area (Å²) in [5.41, 5.74) is 1.23. The van der Waals surface area contributed by atoms with Crippen LogP contribution < -0.4 is 5.32 Å². The van der Waals surface area contributed by atoms with E-state index in [1.54, 1.807) is 0 Å². The molecule has 4 aliphatic carbocycles. The van der Waals surface area contributed by atoms with Crippen LogP contribution in [0, 0.1) is 54.7 Å². The molecule has 0 heterocycles. The van der Waals surface area contributed by atoms with Crippen LogP contribution in [0.15, 0.2) is 23.3 Å². The molecule has 2 fully saturated rings. The molecule has 40 heavy (non-hydrogen) atoms. The number of rotatable bonds is 9. The van der Waals surface area contributed by atoms with E-state index in [0.29, 0.717) is 29.7 Å². The van der Waals surface area contributed by atoms with Crippen molar-refractivity contribution in [1.82, 2.24) is 5.32 Å². The first-order chi connectivity index (χ1) is 18.6. The fourth-order valence-corrected chi connectivity index (χ4v) is 8.01. The Hall–Kier alpha value is -3.18. The Morgan fingerprint density at radius 1 is 1.07 bits per heavy atom. The standard InChI is InChI=1S/C28H41N3O9/c1-26(2,3)29-24(32)23-9-8-21-20-7-6-18-14-17(10-12-27(18,4)22(20)11-13-28(21,23)5)25(33)38-15-19(40-31(36)37)16-39-30(34)35/h6,14,19-23H,7-13,15-16H2,1-5H3,(H,29,32)/t19?,20-,21-,22-,23+,27-,28-/m0/s1. The summed E-state index contributed by atoms with van der Waals surface area (Å²) in [5, 5.41) is 22.1. The molecule has 7 atom stereocenters. The molecular formula is C28H41N3O9. The lowest BCUT2D eigenvalue weighted by Crippen LogP contribution is -2.52. The lowest BCUT2D eigenvalue weighted by Gasteiger charge is -2.57. The second-order valence-electron chi connectivity index (χ2n) is 13.3. The summed E-state index contributed by atoms with van der Waals surface area (Å²) >= 11 is 0. The van der Waals surface area contributed by atoms with Crippen molar-refractivity contribution in [3.05, 3.63) is 43.5 Å². The van der Waals surface area contributed by atoms with E-state index in [9.17, 15) is 29.8 Å². The molecule has 1 N–H and O–H groups in total. The van der Waals surface area contributed by atoms with Gasteiger partial charge in [-0.3, -0.25) is 4.79 Å². The van der Waals surface area contributed by atoms with Gasteiger partial charge in [-0.15, -0.1) is 20.2 Å². The van der Waals surface area contributed by atoms with E-state index in [2.05, 4.69) is 34.9 Å². The molecule has 0 aromatic rings. The number of carbonyl (C=O) groups is 2. The van der Waals surface area contributed by atoms with Crippen molar-refractivity contribution in [1.29, 1.82) is 0 Å². The molecule has 222 valence electrons. The fourth-order valence-electron chi connectivity index (χ4n) is 8.01. The molecule has 0 aliphatic heterocycles. The highest BCUT2D eigenvalue weighted by molar-refractivity contribution is 5.89. The zero-order valence-corrected chi connectivity index (χ0v) is 24.0. The Morgan fingerprint density at radius 3 is 2.45 bits per heavy atom. The largest absolute Gasteiger partial charge is 0.460 e. The lowest BCUT2D eigenvalue weighted by molar-refractivity contribution is -0.790. The highest BCUT2D eigenvalue weighted by Gasteiger charge is 2.59. The van der Waals surface area contributed by atoms with Crippen LogP contribution in [0.2, 0.25) is 0 Å². The van der Waals surface area contributed by atoms with Crippen LogP contribution in [-0.4, -0.2) is 46.9 Å². The number of amides is 1. The molecule has 1 amide bonds. The number of allylic oxidation sites excluding steroid dienone is 3. The zero-order valence-electron chi connectivity index (χ0n) is 24.0. The van der Waals surface area contributed by atoms with E-state index in [-0.39, 0.29) is 28.2 Å². The molecule has 12 heteroatoms. The van der Waals surface area contributed by atoms with E-state index in [1.807, 2.05) is 26.8 Å². The average molecular weight is 564 g/mol. The van der Waals surface area contributed by atoms with Gasteiger partial charge in [-0.1, -0.05) is 19.9 Å². The Labute approximate surface area is 234 Å². The van der Waals surface area contributed by atoms with Crippen molar-refractivity contribution in [2.75, 3.05) is 13.2 Å². The van der Waals surface area contributed by atoms with Gasteiger partial charge in [0.05, 0.1) is 0 Å². The molecule has 2 saturated carbocycles. The van der Waals surface area contributed by atoms with Gasteiger partial charge in [-0.25, -0.2) is 4.79 Å². The molecule has 0 radical (unpaired) electrons. The average Bonchev–Trinajstić information content (AvgIpc) is 3.21. The summed E-state index contributed by atoms with van der Waals surface area (Å²) in [5.74, 6) is 1.01. The number of ether oxygens (including phenoxy) is 1. The van der Waals surface area contributed by atoms with Crippen molar-refractivity contribution < 1.29 is 34.2 Å². The van der Waals surface area contributed by atoms with Crippen molar-refractivity contribution in [2.45, 2.75) is 91.2 Å². The number of nitrogens with one attached hydrogen (secondary N) is 1. The van der Waals surface area contributed by atoms with Gasteiger partial charge < -0.3 is 19.7 Å². The molecular weight excluding hydrogens is 522 g/mol. The molecule has 0 bridgehead atoms. The van der Waals surface area contributed by atoms with Gasteiger partial charge in [-0.05, 0) is 106 Å². The van der Waals surface area contributed by atoms with Crippen molar-refractivity contribution >= 4 is 11.9 Å². The molecule has 0 spiro atoms. The maximum atomic E-state index is 13.2. The smallest absolute Gasteiger partial charge is 0.334 e. The Balaban J connectivity index is 1.45. The second kappa shape index (κ2) is 11.0. The maximum Gasteiger partial charge on any atom is 0.334 e. The van der Waals surface area contributed by atoms with E-state index in [4.69, 9.17) is 4.74 Å². The van der Waals surface area contributed by atoms with E-state index in [0.717, 1.165) is 44.1 Å². The second-order valence-corrected chi connectivity index (χ2v) is 13.3. The Kier molecular flexibility index (Phi) is 8.20. The summed E-state index contributed by atoms with van der Waals surface area (Å²) in [4.78, 5) is 55.7. The normalized spacial score (nSPS) is 33.6. The third-order valence-corrected chi connectivity index (χ3v) is 9.85. The van der Waals surface area contributed by atoms with Crippen LogP contribution in [0.1, 0.15) is 79.6 Å². The fraction of sp³-hybridized carbons (Fsp3) is 0.786. The number of hydrogen-bond donors (Lipinski definition) is 1. The molecule has 12 nitrogen and oxygen atoms in total.